The van der Waals surface area contributed by atoms with E-state index < -0.39 is 5.60 Å². The topological polar surface area (TPSA) is 74.7 Å². The van der Waals surface area contributed by atoms with Crippen molar-refractivity contribution in [1.82, 2.24) is 9.88 Å². The number of benzene rings is 1. The lowest BCUT2D eigenvalue weighted by Gasteiger charge is -2.50. The van der Waals surface area contributed by atoms with Gasteiger partial charge < -0.3 is 20.0 Å². The molecule has 2 aliphatic heterocycles. The third-order valence-electron chi connectivity index (χ3n) is 7.54. The average Bonchev–Trinajstić information content (AvgIpc) is 3.58. The minimum Gasteiger partial charge on any atom is -0.390 e. The van der Waals surface area contributed by atoms with Gasteiger partial charge in [-0.1, -0.05) is 11.6 Å². The Morgan fingerprint density at radius 3 is 2.42 bits per heavy atom. The van der Waals surface area contributed by atoms with E-state index in [0.29, 0.717) is 5.92 Å². The SMILES string of the molecule is CC(C)(O)C1CC1C=O.CNc1cc2cc(C3CCN(C4(C)COC4)CC3)c(Cl)cc2cn1. The van der Waals surface area contributed by atoms with Crippen molar-refractivity contribution in [2.45, 2.75) is 57.1 Å². The third-order valence-corrected chi connectivity index (χ3v) is 7.87. The highest BCUT2D eigenvalue weighted by molar-refractivity contribution is 6.32. The molecule has 0 amide bonds. The Bertz CT molecular complexity index is 994. The largest absolute Gasteiger partial charge is 0.390 e. The lowest BCUT2D eigenvalue weighted by Crippen LogP contribution is -2.61. The molecule has 0 radical (unpaired) electrons. The summed E-state index contributed by atoms with van der Waals surface area (Å²) in [7, 11) is 1.89. The number of aldehydes is 1. The number of piperidine rings is 1. The Balaban J connectivity index is 0.000000243. The number of aromatic nitrogens is 1. The smallest absolute Gasteiger partial charge is 0.126 e. The molecule has 3 heterocycles. The summed E-state index contributed by atoms with van der Waals surface area (Å²) in [5, 5.41) is 15.6. The van der Waals surface area contributed by atoms with Gasteiger partial charge in [0.15, 0.2) is 0 Å². The van der Waals surface area contributed by atoms with Crippen molar-refractivity contribution >= 4 is 34.5 Å². The fraction of sp³-hybridized carbons (Fsp3) is 0.615. The quantitative estimate of drug-likeness (QED) is 0.623. The molecule has 2 saturated heterocycles. The van der Waals surface area contributed by atoms with E-state index in [-0.39, 0.29) is 17.4 Å². The van der Waals surface area contributed by atoms with Crippen LogP contribution in [0.5, 0.6) is 0 Å². The molecule has 2 atom stereocenters. The molecule has 7 heteroatoms. The van der Waals surface area contributed by atoms with Gasteiger partial charge in [-0.25, -0.2) is 4.98 Å². The molecule has 180 valence electrons. The number of nitrogens with zero attached hydrogens (tertiary/aromatic N) is 2. The monoisotopic (exact) mass is 473 g/mol. The van der Waals surface area contributed by atoms with Crippen LogP contribution in [0.3, 0.4) is 0 Å². The second-order valence-corrected chi connectivity index (χ2v) is 11.0. The van der Waals surface area contributed by atoms with Crippen molar-refractivity contribution in [2.75, 3.05) is 38.7 Å². The molecule has 2 N–H and O–H groups in total. The van der Waals surface area contributed by atoms with Gasteiger partial charge in [0.05, 0.1) is 24.4 Å². The normalized spacial score (nSPS) is 25.0. The van der Waals surface area contributed by atoms with Crippen LogP contribution in [0.15, 0.2) is 24.4 Å². The lowest BCUT2D eigenvalue weighted by atomic mass is 9.85. The van der Waals surface area contributed by atoms with Crippen LogP contribution in [0.2, 0.25) is 5.02 Å². The summed E-state index contributed by atoms with van der Waals surface area (Å²) in [6.45, 7) is 9.80. The molecule has 1 aliphatic carbocycles. The van der Waals surface area contributed by atoms with Crippen molar-refractivity contribution < 1.29 is 14.6 Å². The molecular weight excluding hydrogens is 438 g/mol. The van der Waals surface area contributed by atoms with Crippen molar-refractivity contribution in [3.8, 4) is 0 Å². The number of anilines is 1. The number of aliphatic hydroxyl groups is 1. The third kappa shape index (κ3) is 5.35. The zero-order chi connectivity index (χ0) is 23.8. The summed E-state index contributed by atoms with van der Waals surface area (Å²) in [5.74, 6) is 1.78. The van der Waals surface area contributed by atoms with Gasteiger partial charge in [-0.15, -0.1) is 0 Å². The first-order valence-corrected chi connectivity index (χ1v) is 12.3. The molecule has 3 aliphatic rings. The van der Waals surface area contributed by atoms with E-state index in [1.165, 1.54) is 10.9 Å². The fourth-order valence-electron chi connectivity index (χ4n) is 5.12. The van der Waals surface area contributed by atoms with Gasteiger partial charge >= 0.3 is 0 Å². The minimum atomic E-state index is -0.647. The summed E-state index contributed by atoms with van der Waals surface area (Å²) in [5.41, 5.74) is 0.893. The Labute approximate surface area is 201 Å². The standard InChI is InChI=1S/C19H24ClN3O.C7H12O2/c1-19(11-24-12-19)23-5-3-13(4-6-23)16-7-14-9-18(21-2)22-10-15(14)8-17(16)20;1-7(2,9)6-3-5(6)4-8/h7-10,13H,3-6,11-12H2,1-2H3,(H,21,22);4-6,9H,3H2,1-2H3. The van der Waals surface area contributed by atoms with Gasteiger partial charge in [-0.3, -0.25) is 4.90 Å². The van der Waals surface area contributed by atoms with Crippen LogP contribution in [-0.2, 0) is 9.53 Å². The van der Waals surface area contributed by atoms with Crippen LogP contribution in [0.1, 0.15) is 51.5 Å². The van der Waals surface area contributed by atoms with Gasteiger partial charge in [0, 0.05) is 29.6 Å². The molecular formula is C26H36ClN3O3. The maximum Gasteiger partial charge on any atom is 0.126 e. The van der Waals surface area contributed by atoms with E-state index in [9.17, 15) is 9.90 Å². The number of carbonyl (C=O) groups is 1. The summed E-state index contributed by atoms with van der Waals surface area (Å²) in [6, 6.07) is 6.41. The Morgan fingerprint density at radius 1 is 1.24 bits per heavy atom. The van der Waals surface area contributed by atoms with Gasteiger partial charge in [0.1, 0.15) is 12.1 Å². The first-order valence-electron chi connectivity index (χ1n) is 11.9. The summed E-state index contributed by atoms with van der Waals surface area (Å²) < 4.78 is 5.42. The first-order chi connectivity index (χ1) is 15.6. The van der Waals surface area contributed by atoms with E-state index in [1.807, 2.05) is 13.2 Å². The minimum absolute atomic E-state index is 0.130. The maximum absolute atomic E-state index is 10.1. The lowest BCUT2D eigenvalue weighted by molar-refractivity contribution is -0.136. The van der Waals surface area contributed by atoms with Crippen LogP contribution in [0.25, 0.3) is 10.8 Å². The Morgan fingerprint density at radius 2 is 1.94 bits per heavy atom. The number of ether oxygens (including phenoxy) is 1. The van der Waals surface area contributed by atoms with Gasteiger partial charge in [-0.05, 0) is 94.1 Å². The molecule has 0 bridgehead atoms. The number of rotatable bonds is 5. The van der Waals surface area contributed by atoms with Gasteiger partial charge in [-0.2, -0.15) is 0 Å². The van der Waals surface area contributed by atoms with E-state index in [1.54, 1.807) is 13.8 Å². The van der Waals surface area contributed by atoms with Crippen LogP contribution >= 0.6 is 11.6 Å². The molecule has 6 nitrogen and oxygen atoms in total. The summed E-state index contributed by atoms with van der Waals surface area (Å²) >= 11 is 6.60. The second kappa shape index (κ2) is 9.49. The number of halogens is 1. The number of fused-ring (bicyclic) bond motifs is 1. The van der Waals surface area contributed by atoms with Crippen LogP contribution in [-0.4, -0.2) is 65.8 Å². The molecule has 5 rings (SSSR count). The fourth-order valence-corrected chi connectivity index (χ4v) is 5.45. The molecule has 1 saturated carbocycles. The number of pyridine rings is 1. The number of hydrogen-bond acceptors (Lipinski definition) is 6. The molecule has 1 aromatic heterocycles. The van der Waals surface area contributed by atoms with E-state index >= 15 is 0 Å². The Hall–Kier alpha value is -1.73. The van der Waals surface area contributed by atoms with E-state index in [0.717, 1.165) is 68.1 Å². The molecule has 33 heavy (non-hydrogen) atoms. The number of nitrogens with one attached hydrogen (secondary N) is 1. The van der Waals surface area contributed by atoms with Crippen LogP contribution < -0.4 is 5.32 Å². The van der Waals surface area contributed by atoms with Gasteiger partial charge in [0.25, 0.3) is 0 Å². The molecule has 0 spiro atoms. The first kappa shape index (κ1) is 24.4. The summed E-state index contributed by atoms with van der Waals surface area (Å²) in [4.78, 5) is 17.1. The molecule has 1 aromatic carbocycles. The molecule has 3 fully saturated rings. The van der Waals surface area contributed by atoms with Gasteiger partial charge in [0.2, 0.25) is 0 Å². The van der Waals surface area contributed by atoms with Crippen molar-refractivity contribution in [1.29, 1.82) is 0 Å². The number of hydrogen-bond donors (Lipinski definition) is 2. The Kier molecular flexibility index (Phi) is 7.02. The van der Waals surface area contributed by atoms with E-state index in [4.69, 9.17) is 16.3 Å². The highest BCUT2D eigenvalue weighted by Crippen LogP contribution is 2.44. The van der Waals surface area contributed by atoms with Crippen LogP contribution in [0.4, 0.5) is 5.82 Å². The maximum atomic E-state index is 10.1. The number of carbonyl (C=O) groups excluding carboxylic acids is 1. The second-order valence-electron chi connectivity index (χ2n) is 10.6. The average molecular weight is 474 g/mol. The highest BCUT2D eigenvalue weighted by Gasteiger charge is 2.46. The predicted molar refractivity (Wildman–Crippen MR) is 133 cm³/mol. The summed E-state index contributed by atoms with van der Waals surface area (Å²) in [6.07, 6.45) is 6.00. The molecule has 2 unspecified atom stereocenters. The highest BCUT2D eigenvalue weighted by atomic mass is 35.5. The predicted octanol–water partition coefficient (Wildman–Crippen LogP) is 4.49. The van der Waals surface area contributed by atoms with Crippen molar-refractivity contribution in [2.24, 2.45) is 11.8 Å². The van der Waals surface area contributed by atoms with Crippen LogP contribution in [0, 0.1) is 11.8 Å². The number of likely N-dealkylation sites (tertiary alicyclic amines) is 1. The van der Waals surface area contributed by atoms with Crippen molar-refractivity contribution in [3.05, 3.63) is 35.0 Å². The zero-order valence-electron chi connectivity index (χ0n) is 20.1. The molecule has 2 aromatic rings. The zero-order valence-corrected chi connectivity index (χ0v) is 20.9. The van der Waals surface area contributed by atoms with E-state index in [2.05, 4.69) is 40.3 Å². The van der Waals surface area contributed by atoms with Crippen molar-refractivity contribution in [3.63, 3.8) is 0 Å².